The molecule has 2 rings (SSSR count). The maximum absolute atomic E-state index is 13.5. The minimum atomic E-state index is -0.696. The molecular weight excluding hydrogens is 354 g/mol. The van der Waals surface area contributed by atoms with E-state index in [2.05, 4.69) is 24.5 Å². The van der Waals surface area contributed by atoms with E-state index >= 15 is 0 Å². The van der Waals surface area contributed by atoms with Gasteiger partial charge in [0.25, 0.3) is 0 Å². The fourth-order valence-electron chi connectivity index (χ4n) is 4.50. The van der Waals surface area contributed by atoms with Crippen molar-refractivity contribution in [3.63, 3.8) is 0 Å². The van der Waals surface area contributed by atoms with Gasteiger partial charge in [0.15, 0.2) is 5.78 Å². The molecule has 0 spiro atoms. The Balaban J connectivity index is 2.26. The third-order valence-electron chi connectivity index (χ3n) is 6.23. The molecule has 1 saturated heterocycles. The van der Waals surface area contributed by atoms with Crippen molar-refractivity contribution in [3.05, 3.63) is 0 Å². The van der Waals surface area contributed by atoms with E-state index in [9.17, 15) is 14.4 Å². The molecular formula is C22H39N3O3. The molecule has 1 heterocycles. The number of hydrogen-bond donors (Lipinski definition) is 2. The third-order valence-corrected chi connectivity index (χ3v) is 6.23. The van der Waals surface area contributed by atoms with Gasteiger partial charge < -0.3 is 15.5 Å². The van der Waals surface area contributed by atoms with Gasteiger partial charge in [-0.15, -0.1) is 0 Å². The summed E-state index contributed by atoms with van der Waals surface area (Å²) in [5.41, 5.74) is -0.773. The Hall–Kier alpha value is -1.59. The average molecular weight is 394 g/mol. The largest absolute Gasteiger partial charge is 0.334 e. The Morgan fingerprint density at radius 1 is 1.04 bits per heavy atom. The molecule has 6 nitrogen and oxygen atoms in total. The van der Waals surface area contributed by atoms with Crippen LogP contribution in [-0.2, 0) is 9.59 Å². The van der Waals surface area contributed by atoms with E-state index in [1.165, 1.54) is 0 Å². The second-order valence-corrected chi connectivity index (χ2v) is 11.6. The summed E-state index contributed by atoms with van der Waals surface area (Å²) >= 11 is 0. The number of nitrogens with zero attached hydrogens (tertiary/aromatic N) is 1. The van der Waals surface area contributed by atoms with Crippen molar-refractivity contribution < 1.29 is 14.4 Å². The van der Waals surface area contributed by atoms with E-state index in [1.54, 1.807) is 4.90 Å². The number of ketones is 1. The topological polar surface area (TPSA) is 78.5 Å². The molecule has 1 aliphatic heterocycles. The second kappa shape index (κ2) is 7.03. The van der Waals surface area contributed by atoms with E-state index in [0.717, 1.165) is 0 Å². The number of rotatable bonds is 4. The van der Waals surface area contributed by atoms with Gasteiger partial charge in [0, 0.05) is 18.0 Å². The van der Waals surface area contributed by atoms with Crippen LogP contribution in [0.4, 0.5) is 4.79 Å². The zero-order valence-corrected chi connectivity index (χ0v) is 19.3. The summed E-state index contributed by atoms with van der Waals surface area (Å²) in [6.07, 6.45) is 0. The molecule has 0 aromatic rings. The van der Waals surface area contributed by atoms with Crippen molar-refractivity contribution in [2.45, 2.75) is 86.9 Å². The van der Waals surface area contributed by atoms with E-state index in [4.69, 9.17) is 0 Å². The van der Waals surface area contributed by atoms with Crippen LogP contribution in [0.3, 0.4) is 0 Å². The van der Waals surface area contributed by atoms with Gasteiger partial charge in [0.2, 0.25) is 5.91 Å². The molecule has 2 aliphatic rings. The van der Waals surface area contributed by atoms with Crippen molar-refractivity contribution >= 4 is 17.7 Å². The molecule has 0 radical (unpaired) electrons. The minimum Gasteiger partial charge on any atom is -0.334 e. The lowest BCUT2D eigenvalue weighted by atomic mass is 9.84. The zero-order valence-electron chi connectivity index (χ0n) is 19.3. The summed E-state index contributed by atoms with van der Waals surface area (Å²) in [4.78, 5) is 40.7. The smallest absolute Gasteiger partial charge is 0.315 e. The van der Waals surface area contributed by atoms with Crippen LogP contribution in [0.1, 0.15) is 69.2 Å². The number of hydrogen-bond acceptors (Lipinski definition) is 3. The number of Topliss-reactive ketones (excluding diaryl/α,β-unsaturated/α-hetero) is 1. The number of nitrogens with one attached hydrogen (secondary N) is 2. The number of amides is 3. The summed E-state index contributed by atoms with van der Waals surface area (Å²) in [6, 6.07) is -1.44. The first-order chi connectivity index (χ1) is 12.5. The summed E-state index contributed by atoms with van der Waals surface area (Å²) < 4.78 is 0. The van der Waals surface area contributed by atoms with Gasteiger partial charge >= 0.3 is 6.03 Å². The Morgan fingerprint density at radius 2 is 1.57 bits per heavy atom. The molecule has 28 heavy (non-hydrogen) atoms. The molecule has 0 bridgehead atoms. The normalized spacial score (nSPS) is 27.2. The number of carbonyl (C=O) groups excluding carboxylic acids is 3. The van der Waals surface area contributed by atoms with Crippen molar-refractivity contribution in [1.29, 1.82) is 0 Å². The molecule has 2 N–H and O–H groups in total. The Bertz CT molecular complexity index is 655. The number of carbonyl (C=O) groups is 3. The molecule has 3 amide bonds. The Morgan fingerprint density at radius 3 is 2.00 bits per heavy atom. The second-order valence-electron chi connectivity index (χ2n) is 11.6. The van der Waals surface area contributed by atoms with Crippen LogP contribution in [0.5, 0.6) is 0 Å². The number of urea groups is 1. The molecule has 1 unspecified atom stereocenters. The van der Waals surface area contributed by atoms with Gasteiger partial charge in [0.1, 0.15) is 6.04 Å². The fraction of sp³-hybridized carbons (Fsp3) is 0.864. The van der Waals surface area contributed by atoms with Crippen LogP contribution < -0.4 is 10.6 Å². The number of piperidine rings is 1. The highest BCUT2D eigenvalue weighted by molar-refractivity contribution is 5.95. The SMILES string of the molecule is CC(C)C(=O)[C@@H]1[C@@H]2C(CN1C(=O)[C@@H](NC(=O)NC(C)(C)C)C(C)(C)C)C2(C)C. The molecule has 6 heteroatoms. The highest BCUT2D eigenvalue weighted by Crippen LogP contribution is 2.65. The Kier molecular flexibility index (Phi) is 5.70. The molecule has 1 saturated carbocycles. The van der Waals surface area contributed by atoms with E-state index in [0.29, 0.717) is 12.5 Å². The molecule has 0 aromatic heterocycles. The predicted octanol–water partition coefficient (Wildman–Crippen LogP) is 3.21. The van der Waals surface area contributed by atoms with E-state index in [1.807, 2.05) is 55.4 Å². The molecule has 0 aromatic carbocycles. The first-order valence-corrected chi connectivity index (χ1v) is 10.4. The zero-order chi connectivity index (χ0) is 21.8. The van der Waals surface area contributed by atoms with Crippen LogP contribution in [0, 0.1) is 28.6 Å². The van der Waals surface area contributed by atoms with Crippen LogP contribution in [-0.4, -0.2) is 46.8 Å². The quantitative estimate of drug-likeness (QED) is 0.770. The van der Waals surface area contributed by atoms with Crippen LogP contribution in [0.25, 0.3) is 0 Å². The molecule has 2 fully saturated rings. The monoisotopic (exact) mass is 393 g/mol. The Labute approximate surface area is 170 Å². The maximum Gasteiger partial charge on any atom is 0.315 e. The molecule has 160 valence electrons. The average Bonchev–Trinajstić information content (AvgIpc) is 2.86. The van der Waals surface area contributed by atoms with E-state index < -0.39 is 17.0 Å². The van der Waals surface area contributed by atoms with Gasteiger partial charge in [-0.05, 0) is 43.4 Å². The van der Waals surface area contributed by atoms with E-state index in [-0.39, 0.29) is 41.0 Å². The summed E-state index contributed by atoms with van der Waals surface area (Å²) in [5.74, 6) is 0.418. The third kappa shape index (κ3) is 4.36. The maximum atomic E-state index is 13.5. The summed E-state index contributed by atoms with van der Waals surface area (Å²) in [5, 5.41) is 5.74. The van der Waals surface area contributed by atoms with Crippen molar-refractivity contribution in [1.82, 2.24) is 15.5 Å². The molecule has 1 aliphatic carbocycles. The summed E-state index contributed by atoms with van der Waals surface area (Å²) in [6.45, 7) is 20.2. The van der Waals surface area contributed by atoms with Crippen molar-refractivity contribution in [2.75, 3.05) is 6.54 Å². The predicted molar refractivity (Wildman–Crippen MR) is 111 cm³/mol. The molecule has 4 atom stereocenters. The van der Waals surface area contributed by atoms with Gasteiger partial charge in [0.05, 0.1) is 6.04 Å². The van der Waals surface area contributed by atoms with Crippen LogP contribution in [0.2, 0.25) is 0 Å². The lowest BCUT2D eigenvalue weighted by Crippen LogP contribution is -2.61. The van der Waals surface area contributed by atoms with Crippen LogP contribution in [0.15, 0.2) is 0 Å². The number of likely N-dealkylation sites (tertiary alicyclic amines) is 1. The van der Waals surface area contributed by atoms with Gasteiger partial charge in [-0.3, -0.25) is 9.59 Å². The van der Waals surface area contributed by atoms with Gasteiger partial charge in [-0.25, -0.2) is 4.79 Å². The standard InChI is InChI=1S/C22H39N3O3/c1-12(2)16(26)15-14-13(22(14,9)10)11-25(15)18(27)17(20(3,4)5)23-19(28)24-21(6,7)8/h12-15,17H,11H2,1-10H3,(H2,23,24,28)/t13?,14-,15-,17+/m0/s1. The van der Waals surface area contributed by atoms with Crippen LogP contribution >= 0.6 is 0 Å². The van der Waals surface area contributed by atoms with Crippen molar-refractivity contribution in [2.24, 2.45) is 28.6 Å². The minimum absolute atomic E-state index is 0.0975. The summed E-state index contributed by atoms with van der Waals surface area (Å²) in [7, 11) is 0. The first-order valence-electron chi connectivity index (χ1n) is 10.4. The first kappa shape index (κ1) is 22.7. The lowest BCUT2D eigenvalue weighted by Gasteiger charge is -2.38. The van der Waals surface area contributed by atoms with Gasteiger partial charge in [-0.2, -0.15) is 0 Å². The highest BCUT2D eigenvalue weighted by Gasteiger charge is 2.69. The number of fused-ring (bicyclic) bond motifs is 1. The highest BCUT2D eigenvalue weighted by atomic mass is 16.2. The fourth-order valence-corrected chi connectivity index (χ4v) is 4.50. The van der Waals surface area contributed by atoms with Gasteiger partial charge in [-0.1, -0.05) is 48.5 Å². The lowest BCUT2D eigenvalue weighted by molar-refractivity contribution is -0.144. The van der Waals surface area contributed by atoms with Crippen molar-refractivity contribution in [3.8, 4) is 0 Å².